The fourth-order valence-corrected chi connectivity index (χ4v) is 3.26. The van der Waals surface area contributed by atoms with E-state index in [9.17, 15) is 18.0 Å². The summed E-state index contributed by atoms with van der Waals surface area (Å²) >= 11 is 0. The Morgan fingerprint density at radius 1 is 1.20 bits per heavy atom. The molecule has 1 aliphatic rings. The number of aromatic nitrogens is 4. The average Bonchev–Trinajstić information content (AvgIpc) is 3.21. The summed E-state index contributed by atoms with van der Waals surface area (Å²) in [5.74, 6) is 0.0905. The van der Waals surface area contributed by atoms with Gasteiger partial charge in [-0.3, -0.25) is 9.89 Å². The highest BCUT2D eigenvalue weighted by Crippen LogP contribution is 2.43. The van der Waals surface area contributed by atoms with Gasteiger partial charge >= 0.3 is 6.18 Å². The van der Waals surface area contributed by atoms with Gasteiger partial charge in [0.1, 0.15) is 0 Å². The lowest BCUT2D eigenvalue weighted by Gasteiger charge is -2.14. The van der Waals surface area contributed by atoms with E-state index in [1.807, 2.05) is 20.8 Å². The molecular formula is C21H22F3N5O. The van der Waals surface area contributed by atoms with Crippen LogP contribution in [0.3, 0.4) is 0 Å². The van der Waals surface area contributed by atoms with E-state index >= 15 is 0 Å². The highest BCUT2D eigenvalue weighted by molar-refractivity contribution is 6.04. The molecule has 30 heavy (non-hydrogen) atoms. The molecule has 1 saturated carbocycles. The second kappa shape index (κ2) is 7.00. The molecule has 2 aromatic heterocycles. The van der Waals surface area contributed by atoms with E-state index in [0.717, 1.165) is 30.7 Å². The maximum atomic E-state index is 13.1. The van der Waals surface area contributed by atoms with Crippen molar-refractivity contribution in [2.75, 3.05) is 5.32 Å². The Bertz CT molecular complexity index is 1090. The fraction of sp³-hybridized carbons (Fsp3) is 0.381. The third kappa shape index (κ3) is 3.96. The summed E-state index contributed by atoms with van der Waals surface area (Å²) in [7, 11) is 0. The van der Waals surface area contributed by atoms with E-state index in [0.29, 0.717) is 17.1 Å². The zero-order valence-electron chi connectivity index (χ0n) is 16.8. The molecule has 9 heteroatoms. The van der Waals surface area contributed by atoms with Gasteiger partial charge in [0.15, 0.2) is 5.82 Å². The minimum atomic E-state index is -4.45. The number of hydrogen-bond donors (Lipinski definition) is 2. The topological polar surface area (TPSA) is 75.6 Å². The number of anilines is 1. The summed E-state index contributed by atoms with van der Waals surface area (Å²) in [5.41, 5.74) is 1.22. The van der Waals surface area contributed by atoms with Gasteiger partial charge in [-0.2, -0.15) is 23.4 Å². The molecule has 6 nitrogen and oxygen atoms in total. The molecule has 0 spiro atoms. The number of halogens is 3. The van der Waals surface area contributed by atoms with Crippen molar-refractivity contribution in [3.63, 3.8) is 0 Å². The predicted octanol–water partition coefficient (Wildman–Crippen LogP) is 5.04. The van der Waals surface area contributed by atoms with Crippen LogP contribution in [0, 0.1) is 0 Å². The summed E-state index contributed by atoms with van der Waals surface area (Å²) in [6.45, 7) is 6.07. The van der Waals surface area contributed by atoms with Crippen molar-refractivity contribution in [3.05, 3.63) is 59.0 Å². The SMILES string of the molecule is CC(C)(C)c1cc(NC(=O)c2cnn(-c3cccc(C(F)(F)F)c3)c2C2CC2)n[nH]1. The highest BCUT2D eigenvalue weighted by Gasteiger charge is 2.34. The number of carbonyl (C=O) groups is 1. The van der Waals surface area contributed by atoms with Crippen molar-refractivity contribution in [1.82, 2.24) is 20.0 Å². The third-order valence-corrected chi connectivity index (χ3v) is 5.06. The number of carbonyl (C=O) groups excluding carboxylic acids is 1. The van der Waals surface area contributed by atoms with Gasteiger partial charge in [-0.15, -0.1) is 0 Å². The molecule has 158 valence electrons. The summed E-state index contributed by atoms with van der Waals surface area (Å²) in [6, 6.07) is 6.73. The first-order valence-corrected chi connectivity index (χ1v) is 9.67. The van der Waals surface area contributed by atoms with Crippen LogP contribution in [-0.2, 0) is 11.6 Å². The van der Waals surface area contributed by atoms with Gasteiger partial charge in [0.05, 0.1) is 28.7 Å². The number of rotatable bonds is 4. The molecule has 2 heterocycles. The Labute approximate surface area is 171 Å². The smallest absolute Gasteiger partial charge is 0.305 e. The molecule has 0 bridgehead atoms. The normalized spacial score (nSPS) is 14.7. The third-order valence-electron chi connectivity index (χ3n) is 5.06. The maximum Gasteiger partial charge on any atom is 0.416 e. The van der Waals surface area contributed by atoms with Crippen LogP contribution in [0.25, 0.3) is 5.69 Å². The Morgan fingerprint density at radius 3 is 2.53 bits per heavy atom. The van der Waals surface area contributed by atoms with Crippen LogP contribution in [0.4, 0.5) is 19.0 Å². The first kappa shape index (κ1) is 20.2. The van der Waals surface area contributed by atoms with E-state index in [1.165, 1.54) is 16.9 Å². The van der Waals surface area contributed by atoms with Crippen LogP contribution < -0.4 is 5.32 Å². The van der Waals surface area contributed by atoms with Crippen molar-refractivity contribution in [2.24, 2.45) is 0 Å². The van der Waals surface area contributed by atoms with Gasteiger partial charge in [0.2, 0.25) is 0 Å². The lowest BCUT2D eigenvalue weighted by molar-refractivity contribution is -0.137. The Balaban J connectivity index is 1.65. The summed E-state index contributed by atoms with van der Waals surface area (Å²) < 4.78 is 40.8. The Morgan fingerprint density at radius 2 is 1.93 bits per heavy atom. The van der Waals surface area contributed by atoms with Gasteiger partial charge in [-0.1, -0.05) is 26.8 Å². The van der Waals surface area contributed by atoms with Crippen molar-refractivity contribution in [2.45, 2.75) is 51.1 Å². The fourth-order valence-electron chi connectivity index (χ4n) is 3.26. The van der Waals surface area contributed by atoms with E-state index in [4.69, 9.17) is 0 Å². The average molecular weight is 417 g/mol. The standard InChI is InChI=1S/C21H22F3N5O/c1-20(2,3)16-10-17(28-27-16)26-19(30)15-11-25-29(18(15)12-7-8-12)14-6-4-5-13(9-14)21(22,23)24/h4-6,9-12H,7-8H2,1-3H3,(H2,26,27,28,30). The van der Waals surface area contributed by atoms with E-state index in [1.54, 1.807) is 12.1 Å². The summed E-state index contributed by atoms with van der Waals surface area (Å²) in [6.07, 6.45) is -1.32. The molecule has 3 aromatic rings. The summed E-state index contributed by atoms with van der Waals surface area (Å²) in [5, 5.41) is 14.0. The number of benzene rings is 1. The van der Waals surface area contributed by atoms with Crippen molar-refractivity contribution in [3.8, 4) is 5.69 Å². The molecule has 1 aromatic carbocycles. The number of nitrogens with zero attached hydrogens (tertiary/aromatic N) is 3. The molecule has 4 rings (SSSR count). The minimum Gasteiger partial charge on any atom is -0.305 e. The molecule has 0 radical (unpaired) electrons. The van der Waals surface area contributed by atoms with E-state index in [-0.39, 0.29) is 22.9 Å². The number of aromatic amines is 1. The van der Waals surface area contributed by atoms with Crippen molar-refractivity contribution < 1.29 is 18.0 Å². The molecule has 0 saturated heterocycles. The molecule has 1 aliphatic carbocycles. The lowest BCUT2D eigenvalue weighted by Crippen LogP contribution is -2.15. The second-order valence-corrected chi connectivity index (χ2v) is 8.55. The van der Waals surface area contributed by atoms with Crippen LogP contribution in [0.1, 0.15) is 66.8 Å². The van der Waals surface area contributed by atoms with Gasteiger partial charge in [-0.25, -0.2) is 4.68 Å². The molecule has 0 aliphatic heterocycles. The number of hydrogen-bond acceptors (Lipinski definition) is 3. The van der Waals surface area contributed by atoms with Gasteiger partial charge in [-0.05, 0) is 31.0 Å². The zero-order valence-corrected chi connectivity index (χ0v) is 16.8. The predicted molar refractivity (Wildman–Crippen MR) is 106 cm³/mol. The van der Waals surface area contributed by atoms with Crippen LogP contribution >= 0.6 is 0 Å². The molecule has 1 fully saturated rings. The Kier molecular flexibility index (Phi) is 4.71. The first-order valence-electron chi connectivity index (χ1n) is 9.67. The van der Waals surface area contributed by atoms with Gasteiger partial charge < -0.3 is 5.32 Å². The minimum absolute atomic E-state index is 0.0899. The molecular weight excluding hydrogens is 395 g/mol. The lowest BCUT2D eigenvalue weighted by atomic mass is 9.92. The van der Waals surface area contributed by atoms with E-state index < -0.39 is 11.7 Å². The monoisotopic (exact) mass is 417 g/mol. The molecule has 0 atom stereocenters. The quantitative estimate of drug-likeness (QED) is 0.624. The number of H-pyrrole nitrogens is 1. The summed E-state index contributed by atoms with van der Waals surface area (Å²) in [4.78, 5) is 12.9. The maximum absolute atomic E-state index is 13.1. The van der Waals surface area contributed by atoms with Crippen molar-refractivity contribution in [1.29, 1.82) is 0 Å². The highest BCUT2D eigenvalue weighted by atomic mass is 19.4. The van der Waals surface area contributed by atoms with Crippen LogP contribution in [-0.4, -0.2) is 25.9 Å². The number of nitrogens with one attached hydrogen (secondary N) is 2. The first-order chi connectivity index (χ1) is 14.0. The van der Waals surface area contributed by atoms with Crippen LogP contribution in [0.2, 0.25) is 0 Å². The zero-order chi connectivity index (χ0) is 21.7. The molecule has 1 amide bonds. The van der Waals surface area contributed by atoms with Gasteiger partial charge in [0.25, 0.3) is 5.91 Å². The Hall–Kier alpha value is -3.10. The van der Waals surface area contributed by atoms with E-state index in [2.05, 4.69) is 20.6 Å². The molecule has 0 unspecified atom stereocenters. The van der Waals surface area contributed by atoms with Crippen molar-refractivity contribution >= 4 is 11.7 Å². The number of amides is 1. The number of alkyl halides is 3. The van der Waals surface area contributed by atoms with Crippen LogP contribution in [0.5, 0.6) is 0 Å². The second-order valence-electron chi connectivity index (χ2n) is 8.55. The van der Waals surface area contributed by atoms with Gasteiger partial charge in [0, 0.05) is 23.1 Å². The van der Waals surface area contributed by atoms with Crippen LogP contribution in [0.15, 0.2) is 36.5 Å². The largest absolute Gasteiger partial charge is 0.416 e. The molecule has 2 N–H and O–H groups in total.